The van der Waals surface area contributed by atoms with Gasteiger partial charge in [-0.15, -0.1) is 0 Å². The summed E-state index contributed by atoms with van der Waals surface area (Å²) in [5.74, 6) is 0. The monoisotopic (exact) mass is 146 g/mol. The fourth-order valence-electron chi connectivity index (χ4n) is 1.72. The Labute approximate surface area is 66.1 Å². The lowest BCUT2D eigenvalue weighted by atomic mass is 10.3. The molecule has 0 N–H and O–H groups in total. The lowest BCUT2D eigenvalue weighted by molar-refractivity contribution is 0.721. The molecule has 0 saturated heterocycles. The first kappa shape index (κ1) is 6.48. The van der Waals surface area contributed by atoms with Gasteiger partial charge in [0.2, 0.25) is 0 Å². The number of rotatable bonds is 1. The van der Waals surface area contributed by atoms with E-state index in [0.29, 0.717) is 6.42 Å². The fraction of sp³-hybridized carbons (Fsp3) is 0.444. The molecule has 56 valence electrons. The number of nitriles is 1. The van der Waals surface area contributed by atoms with Crippen LogP contribution in [0.1, 0.15) is 17.8 Å². The molecule has 1 aliphatic heterocycles. The van der Waals surface area contributed by atoms with Crippen molar-refractivity contribution in [3.05, 3.63) is 23.5 Å². The van der Waals surface area contributed by atoms with E-state index in [1.54, 1.807) is 0 Å². The predicted molar refractivity (Wildman–Crippen MR) is 42.1 cm³/mol. The summed E-state index contributed by atoms with van der Waals surface area (Å²) in [5, 5.41) is 8.51. The van der Waals surface area contributed by atoms with Crippen LogP contribution in [0.15, 0.2) is 12.1 Å². The van der Waals surface area contributed by atoms with Gasteiger partial charge in [-0.3, -0.25) is 0 Å². The summed E-state index contributed by atoms with van der Waals surface area (Å²) in [5.41, 5.74) is 2.58. The van der Waals surface area contributed by atoms with Gasteiger partial charge in [0.1, 0.15) is 0 Å². The van der Waals surface area contributed by atoms with Crippen molar-refractivity contribution in [2.45, 2.75) is 25.8 Å². The summed E-state index contributed by atoms with van der Waals surface area (Å²) in [4.78, 5) is 0. The smallest absolute Gasteiger partial charge is 0.0754 e. The van der Waals surface area contributed by atoms with Crippen LogP contribution in [0.2, 0.25) is 0 Å². The lowest BCUT2D eigenvalue weighted by Gasteiger charge is -2.00. The summed E-state index contributed by atoms with van der Waals surface area (Å²) >= 11 is 0. The van der Waals surface area contributed by atoms with Gasteiger partial charge in [0.25, 0.3) is 0 Å². The molecule has 0 atom stereocenters. The second-order valence-electron chi connectivity index (χ2n) is 2.91. The van der Waals surface area contributed by atoms with E-state index in [-0.39, 0.29) is 0 Å². The van der Waals surface area contributed by atoms with Gasteiger partial charge in [-0.05, 0) is 25.0 Å². The Morgan fingerprint density at radius 2 is 2.45 bits per heavy atom. The SMILES string of the molecule is N#CCc1ccc2n1CCC2. The van der Waals surface area contributed by atoms with Crippen LogP contribution in [-0.4, -0.2) is 4.57 Å². The van der Waals surface area contributed by atoms with Crippen molar-refractivity contribution >= 4 is 0 Å². The van der Waals surface area contributed by atoms with Gasteiger partial charge in [0, 0.05) is 17.9 Å². The van der Waals surface area contributed by atoms with Gasteiger partial charge in [-0.25, -0.2) is 0 Å². The number of aryl methyl sites for hydroxylation is 1. The summed E-state index contributed by atoms with van der Waals surface area (Å²) < 4.78 is 2.27. The molecule has 1 aromatic heterocycles. The van der Waals surface area contributed by atoms with E-state index in [9.17, 15) is 0 Å². The van der Waals surface area contributed by atoms with E-state index >= 15 is 0 Å². The van der Waals surface area contributed by atoms with Crippen molar-refractivity contribution in [2.24, 2.45) is 0 Å². The topological polar surface area (TPSA) is 28.7 Å². The first-order valence-corrected chi connectivity index (χ1v) is 3.96. The third-order valence-electron chi connectivity index (χ3n) is 2.24. The molecule has 2 heteroatoms. The van der Waals surface area contributed by atoms with Crippen LogP contribution in [0.3, 0.4) is 0 Å². The third kappa shape index (κ3) is 0.932. The van der Waals surface area contributed by atoms with E-state index in [1.165, 1.54) is 24.2 Å². The highest BCUT2D eigenvalue weighted by Crippen LogP contribution is 2.18. The van der Waals surface area contributed by atoms with E-state index in [0.717, 1.165) is 6.54 Å². The van der Waals surface area contributed by atoms with Crippen molar-refractivity contribution in [1.82, 2.24) is 4.57 Å². The minimum atomic E-state index is 0.556. The molecule has 2 heterocycles. The predicted octanol–water partition coefficient (Wildman–Crippen LogP) is 1.50. The van der Waals surface area contributed by atoms with Crippen LogP contribution in [0, 0.1) is 11.3 Å². The average molecular weight is 146 g/mol. The number of aromatic nitrogens is 1. The maximum Gasteiger partial charge on any atom is 0.0754 e. The maximum absolute atomic E-state index is 8.51. The molecular formula is C9H10N2. The number of nitrogens with zero attached hydrogens (tertiary/aromatic N) is 2. The van der Waals surface area contributed by atoms with Gasteiger partial charge in [0.15, 0.2) is 0 Å². The first-order chi connectivity index (χ1) is 5.42. The largest absolute Gasteiger partial charge is 0.348 e. The van der Waals surface area contributed by atoms with E-state index < -0.39 is 0 Å². The molecule has 1 aliphatic rings. The molecule has 0 unspecified atom stereocenters. The van der Waals surface area contributed by atoms with E-state index in [2.05, 4.69) is 22.8 Å². The van der Waals surface area contributed by atoms with Crippen molar-refractivity contribution in [2.75, 3.05) is 0 Å². The highest BCUT2D eigenvalue weighted by Gasteiger charge is 2.12. The molecule has 11 heavy (non-hydrogen) atoms. The molecule has 0 fully saturated rings. The van der Waals surface area contributed by atoms with Crippen molar-refractivity contribution in [3.8, 4) is 6.07 Å². The summed E-state index contributed by atoms with van der Waals surface area (Å²) in [6, 6.07) is 6.38. The highest BCUT2D eigenvalue weighted by molar-refractivity contribution is 5.21. The normalized spacial score (nSPS) is 14.5. The molecule has 0 aliphatic carbocycles. The van der Waals surface area contributed by atoms with Crippen molar-refractivity contribution in [3.63, 3.8) is 0 Å². The summed E-state index contributed by atoms with van der Waals surface area (Å²) in [6.07, 6.45) is 2.99. The van der Waals surface area contributed by atoms with Crippen LogP contribution in [0.25, 0.3) is 0 Å². The van der Waals surface area contributed by atoms with Gasteiger partial charge in [-0.2, -0.15) is 5.26 Å². The molecule has 2 rings (SSSR count). The highest BCUT2D eigenvalue weighted by atomic mass is 15.0. The zero-order valence-corrected chi connectivity index (χ0v) is 6.38. The third-order valence-corrected chi connectivity index (χ3v) is 2.24. The van der Waals surface area contributed by atoms with E-state index in [1.807, 2.05) is 0 Å². The molecule has 0 bridgehead atoms. The number of hydrogen-bond acceptors (Lipinski definition) is 1. The quantitative estimate of drug-likeness (QED) is 0.590. The molecule has 2 nitrogen and oxygen atoms in total. The number of fused-ring (bicyclic) bond motifs is 1. The van der Waals surface area contributed by atoms with Crippen LogP contribution in [0.4, 0.5) is 0 Å². The van der Waals surface area contributed by atoms with Crippen molar-refractivity contribution < 1.29 is 0 Å². The second-order valence-corrected chi connectivity index (χ2v) is 2.91. The Bertz CT molecular complexity index is 304. The van der Waals surface area contributed by atoms with Crippen LogP contribution in [-0.2, 0) is 19.4 Å². The zero-order chi connectivity index (χ0) is 7.68. The average Bonchev–Trinajstić information content (AvgIpc) is 2.53. The first-order valence-electron chi connectivity index (χ1n) is 3.96. The Morgan fingerprint density at radius 1 is 1.55 bits per heavy atom. The van der Waals surface area contributed by atoms with Gasteiger partial charge in [0.05, 0.1) is 12.5 Å². The van der Waals surface area contributed by atoms with Crippen LogP contribution in [0.5, 0.6) is 0 Å². The molecule has 0 radical (unpaired) electrons. The van der Waals surface area contributed by atoms with Gasteiger partial charge >= 0.3 is 0 Å². The van der Waals surface area contributed by atoms with Gasteiger partial charge < -0.3 is 4.57 Å². The standard InChI is InChI=1S/C9H10N2/c10-6-5-9-4-3-8-2-1-7-11(8)9/h3-4H,1-2,5,7H2. The minimum absolute atomic E-state index is 0.556. The molecule has 0 saturated carbocycles. The van der Waals surface area contributed by atoms with Crippen LogP contribution < -0.4 is 0 Å². The Balaban J connectivity index is 2.36. The summed E-state index contributed by atoms with van der Waals surface area (Å²) in [6.45, 7) is 1.11. The molecule has 0 aromatic carbocycles. The summed E-state index contributed by atoms with van der Waals surface area (Å²) in [7, 11) is 0. The minimum Gasteiger partial charge on any atom is -0.348 e. The second kappa shape index (κ2) is 2.43. The Hall–Kier alpha value is -1.23. The lowest BCUT2D eigenvalue weighted by Crippen LogP contribution is -1.97. The van der Waals surface area contributed by atoms with E-state index in [4.69, 9.17) is 5.26 Å². The maximum atomic E-state index is 8.51. The zero-order valence-electron chi connectivity index (χ0n) is 6.38. The number of hydrogen-bond donors (Lipinski definition) is 0. The molecule has 1 aromatic rings. The van der Waals surface area contributed by atoms with Crippen molar-refractivity contribution in [1.29, 1.82) is 5.26 Å². The molecule has 0 spiro atoms. The van der Waals surface area contributed by atoms with Crippen LogP contribution >= 0.6 is 0 Å². The molecular weight excluding hydrogens is 136 g/mol. The Morgan fingerprint density at radius 3 is 3.27 bits per heavy atom. The van der Waals surface area contributed by atoms with Gasteiger partial charge in [-0.1, -0.05) is 0 Å². The molecule has 0 amide bonds. The fourth-order valence-corrected chi connectivity index (χ4v) is 1.72. The Kier molecular flexibility index (Phi) is 1.43.